The summed E-state index contributed by atoms with van der Waals surface area (Å²) in [6, 6.07) is 4.31. The van der Waals surface area contributed by atoms with Gasteiger partial charge in [-0.15, -0.1) is 11.3 Å². The molecular weight excluding hydrogens is 254 g/mol. The molecule has 1 fully saturated rings. The van der Waals surface area contributed by atoms with Crippen molar-refractivity contribution in [2.75, 3.05) is 19.6 Å². The first kappa shape index (κ1) is 14.4. The van der Waals surface area contributed by atoms with Gasteiger partial charge >= 0.3 is 0 Å². The SMILES string of the molecule is CC(CN=C(N)N1CCCCCC1)Cc1cccs1. The van der Waals surface area contributed by atoms with E-state index < -0.39 is 0 Å². The number of nitrogens with two attached hydrogens (primary N) is 1. The molecule has 0 bridgehead atoms. The Morgan fingerprint density at radius 3 is 2.74 bits per heavy atom. The van der Waals surface area contributed by atoms with Gasteiger partial charge in [0.1, 0.15) is 0 Å². The summed E-state index contributed by atoms with van der Waals surface area (Å²) < 4.78 is 0. The fourth-order valence-corrected chi connectivity index (χ4v) is 3.36. The van der Waals surface area contributed by atoms with E-state index in [1.54, 1.807) is 0 Å². The van der Waals surface area contributed by atoms with Crippen molar-refractivity contribution >= 4 is 17.3 Å². The number of rotatable bonds is 4. The highest BCUT2D eigenvalue weighted by atomic mass is 32.1. The maximum Gasteiger partial charge on any atom is 0.191 e. The molecule has 19 heavy (non-hydrogen) atoms. The average molecular weight is 279 g/mol. The van der Waals surface area contributed by atoms with Crippen LogP contribution in [0.2, 0.25) is 0 Å². The summed E-state index contributed by atoms with van der Waals surface area (Å²) >= 11 is 1.83. The van der Waals surface area contributed by atoms with Crippen molar-refractivity contribution in [2.24, 2.45) is 16.6 Å². The smallest absolute Gasteiger partial charge is 0.191 e. The van der Waals surface area contributed by atoms with Crippen molar-refractivity contribution in [2.45, 2.75) is 39.0 Å². The van der Waals surface area contributed by atoms with Crippen molar-refractivity contribution in [3.05, 3.63) is 22.4 Å². The molecule has 1 aromatic rings. The molecule has 3 nitrogen and oxygen atoms in total. The van der Waals surface area contributed by atoms with Crippen LogP contribution in [0, 0.1) is 5.92 Å². The van der Waals surface area contributed by atoms with E-state index >= 15 is 0 Å². The Labute approximate surface area is 120 Å². The molecule has 0 amide bonds. The highest BCUT2D eigenvalue weighted by Gasteiger charge is 2.11. The van der Waals surface area contributed by atoms with Crippen molar-refractivity contribution in [3.8, 4) is 0 Å². The zero-order valence-corrected chi connectivity index (χ0v) is 12.7. The second kappa shape index (κ2) is 7.53. The molecular formula is C15H25N3S. The summed E-state index contributed by atoms with van der Waals surface area (Å²) in [5.41, 5.74) is 6.12. The van der Waals surface area contributed by atoms with Crippen molar-refractivity contribution in [1.29, 1.82) is 0 Å². The van der Waals surface area contributed by atoms with Crippen LogP contribution < -0.4 is 5.73 Å². The second-order valence-corrected chi connectivity index (χ2v) is 6.52. The van der Waals surface area contributed by atoms with E-state index in [9.17, 15) is 0 Å². The van der Waals surface area contributed by atoms with Crippen molar-refractivity contribution in [3.63, 3.8) is 0 Å². The molecule has 106 valence electrons. The molecule has 0 saturated carbocycles. The Hall–Kier alpha value is -1.03. The van der Waals surface area contributed by atoms with Crippen LogP contribution in [-0.4, -0.2) is 30.5 Å². The first-order valence-electron chi connectivity index (χ1n) is 7.33. The third-order valence-corrected chi connectivity index (χ3v) is 4.52. The van der Waals surface area contributed by atoms with Gasteiger partial charge in [-0.25, -0.2) is 0 Å². The fourth-order valence-electron chi connectivity index (χ4n) is 2.49. The Morgan fingerprint density at radius 1 is 1.37 bits per heavy atom. The summed E-state index contributed by atoms with van der Waals surface area (Å²) in [4.78, 5) is 8.29. The number of aliphatic imine (C=N–C) groups is 1. The Bertz CT molecular complexity index is 378. The van der Waals surface area contributed by atoms with E-state index in [2.05, 4.69) is 34.3 Å². The van der Waals surface area contributed by atoms with Gasteiger partial charge in [-0.2, -0.15) is 0 Å². The van der Waals surface area contributed by atoms with Crippen molar-refractivity contribution in [1.82, 2.24) is 4.90 Å². The average Bonchev–Trinajstić information content (AvgIpc) is 2.76. The lowest BCUT2D eigenvalue weighted by Crippen LogP contribution is -2.38. The van der Waals surface area contributed by atoms with Crippen LogP contribution in [0.4, 0.5) is 0 Å². The van der Waals surface area contributed by atoms with E-state index in [1.807, 2.05) is 11.3 Å². The van der Waals surface area contributed by atoms with Gasteiger partial charge in [-0.3, -0.25) is 4.99 Å². The number of guanidine groups is 1. The van der Waals surface area contributed by atoms with Gasteiger partial charge < -0.3 is 10.6 Å². The van der Waals surface area contributed by atoms with E-state index in [4.69, 9.17) is 5.73 Å². The van der Waals surface area contributed by atoms with Gasteiger partial charge in [0.05, 0.1) is 0 Å². The summed E-state index contributed by atoms with van der Waals surface area (Å²) in [6.45, 7) is 5.24. The number of nitrogens with zero attached hydrogens (tertiary/aromatic N) is 2. The zero-order chi connectivity index (χ0) is 13.5. The molecule has 1 saturated heterocycles. The minimum absolute atomic E-state index is 0.559. The molecule has 1 aliphatic rings. The number of hydrogen-bond acceptors (Lipinski definition) is 2. The summed E-state index contributed by atoms with van der Waals surface area (Å²) in [7, 11) is 0. The Balaban J connectivity index is 1.79. The third kappa shape index (κ3) is 4.86. The first-order valence-corrected chi connectivity index (χ1v) is 8.21. The van der Waals surface area contributed by atoms with Crippen LogP contribution in [0.15, 0.2) is 22.5 Å². The molecule has 4 heteroatoms. The van der Waals surface area contributed by atoms with Crippen LogP contribution in [0.5, 0.6) is 0 Å². The van der Waals surface area contributed by atoms with Gasteiger partial charge in [-0.05, 0) is 36.6 Å². The van der Waals surface area contributed by atoms with E-state index in [-0.39, 0.29) is 0 Å². The van der Waals surface area contributed by atoms with Crippen LogP contribution in [0.25, 0.3) is 0 Å². The standard InChI is InChI=1S/C15H25N3S/c1-13(11-14-7-6-10-19-14)12-17-15(16)18-8-4-2-3-5-9-18/h6-7,10,13H,2-5,8-9,11-12H2,1H3,(H2,16,17). The monoisotopic (exact) mass is 279 g/mol. The summed E-state index contributed by atoms with van der Waals surface area (Å²) in [5, 5.41) is 2.14. The lowest BCUT2D eigenvalue weighted by Gasteiger charge is -2.21. The number of thiophene rings is 1. The third-order valence-electron chi connectivity index (χ3n) is 3.62. The van der Waals surface area contributed by atoms with Gasteiger partial charge in [-0.1, -0.05) is 25.8 Å². The van der Waals surface area contributed by atoms with Gasteiger partial charge in [0, 0.05) is 24.5 Å². The quantitative estimate of drug-likeness (QED) is 0.679. The fraction of sp³-hybridized carbons (Fsp3) is 0.667. The normalized spacial score (nSPS) is 19.2. The van der Waals surface area contributed by atoms with Gasteiger partial charge in [0.2, 0.25) is 0 Å². The summed E-state index contributed by atoms with van der Waals surface area (Å²) in [6.07, 6.45) is 6.27. The first-order chi connectivity index (χ1) is 9.25. The zero-order valence-electron chi connectivity index (χ0n) is 11.8. The Kier molecular flexibility index (Phi) is 5.70. The molecule has 0 aromatic carbocycles. The van der Waals surface area contributed by atoms with Crippen LogP contribution in [0.1, 0.15) is 37.5 Å². The second-order valence-electron chi connectivity index (χ2n) is 5.49. The van der Waals surface area contributed by atoms with Crippen LogP contribution in [-0.2, 0) is 6.42 Å². The lowest BCUT2D eigenvalue weighted by atomic mass is 10.1. The highest BCUT2D eigenvalue weighted by Crippen LogP contribution is 2.15. The van der Waals surface area contributed by atoms with Gasteiger partial charge in [0.15, 0.2) is 5.96 Å². The molecule has 1 aromatic heterocycles. The lowest BCUT2D eigenvalue weighted by molar-refractivity contribution is 0.426. The molecule has 1 unspecified atom stereocenters. The molecule has 2 N–H and O–H groups in total. The molecule has 0 aliphatic carbocycles. The van der Waals surface area contributed by atoms with Crippen molar-refractivity contribution < 1.29 is 0 Å². The largest absolute Gasteiger partial charge is 0.370 e. The van der Waals surface area contributed by atoms with Crippen LogP contribution in [0.3, 0.4) is 0 Å². The molecule has 2 heterocycles. The topological polar surface area (TPSA) is 41.6 Å². The van der Waals surface area contributed by atoms with E-state index in [1.165, 1.54) is 30.6 Å². The minimum Gasteiger partial charge on any atom is -0.370 e. The maximum absolute atomic E-state index is 6.12. The molecule has 2 rings (SSSR count). The van der Waals surface area contributed by atoms with Gasteiger partial charge in [0.25, 0.3) is 0 Å². The molecule has 0 spiro atoms. The maximum atomic E-state index is 6.12. The molecule has 0 radical (unpaired) electrons. The molecule has 1 atom stereocenters. The highest BCUT2D eigenvalue weighted by molar-refractivity contribution is 7.09. The van der Waals surface area contributed by atoms with E-state index in [0.29, 0.717) is 5.92 Å². The van der Waals surface area contributed by atoms with E-state index in [0.717, 1.165) is 32.0 Å². The number of hydrogen-bond donors (Lipinski definition) is 1. The summed E-state index contributed by atoms with van der Waals surface area (Å²) in [5.74, 6) is 1.31. The Morgan fingerprint density at radius 2 is 2.11 bits per heavy atom. The number of likely N-dealkylation sites (tertiary alicyclic amines) is 1. The predicted octanol–water partition coefficient (Wildman–Crippen LogP) is 3.12. The molecule has 1 aliphatic heterocycles. The predicted molar refractivity (Wildman–Crippen MR) is 83.7 cm³/mol. The van der Waals surface area contributed by atoms with Crippen LogP contribution >= 0.6 is 11.3 Å². The minimum atomic E-state index is 0.559.